The van der Waals surface area contributed by atoms with Crippen LogP contribution in [0.3, 0.4) is 0 Å². The molecule has 1 heterocycles. The summed E-state index contributed by atoms with van der Waals surface area (Å²) in [7, 11) is 3.68. The van der Waals surface area contributed by atoms with E-state index in [1.165, 1.54) is 0 Å². The van der Waals surface area contributed by atoms with Crippen LogP contribution in [0.2, 0.25) is 0 Å². The highest BCUT2D eigenvalue weighted by atomic mass is 16.2. The first kappa shape index (κ1) is 12.5. The molecule has 4 nitrogen and oxygen atoms in total. The predicted octanol–water partition coefficient (Wildman–Crippen LogP) is 1.53. The number of amides is 1. The number of carbonyl (C=O) groups excluding carboxylic acids is 1. The van der Waals surface area contributed by atoms with E-state index in [1.807, 2.05) is 37.4 Å². The van der Waals surface area contributed by atoms with Gasteiger partial charge in [0.25, 0.3) is 5.91 Å². The molecule has 2 aromatic rings. The average molecular weight is 243 g/mol. The fourth-order valence-electron chi connectivity index (χ4n) is 1.86. The topological polar surface area (TPSA) is 45.2 Å². The number of nitrogens with one attached hydrogen (secondary N) is 1. The third-order valence-electron chi connectivity index (χ3n) is 2.91. The maximum Gasteiger partial charge on any atom is 0.255 e. The molecule has 0 radical (unpaired) electrons. The van der Waals surface area contributed by atoms with Crippen molar-refractivity contribution in [1.29, 1.82) is 0 Å². The fraction of sp³-hybridized carbons (Fsp3) is 0.286. The number of carbonyl (C=O) groups is 1. The number of rotatable bonds is 4. The molecule has 0 unspecified atom stereocenters. The smallest absolute Gasteiger partial charge is 0.255 e. The van der Waals surface area contributed by atoms with Gasteiger partial charge in [0.15, 0.2) is 0 Å². The van der Waals surface area contributed by atoms with Crippen LogP contribution in [0.5, 0.6) is 0 Å². The first-order valence-electron chi connectivity index (χ1n) is 5.98. The lowest BCUT2D eigenvalue weighted by Gasteiger charge is -2.17. The molecule has 4 heteroatoms. The lowest BCUT2D eigenvalue weighted by atomic mass is 10.1. The molecule has 0 saturated heterocycles. The van der Waals surface area contributed by atoms with E-state index in [4.69, 9.17) is 0 Å². The minimum Gasteiger partial charge on any atom is -0.340 e. The molecule has 1 aromatic heterocycles. The number of hydrogen-bond acceptors (Lipinski definition) is 3. The number of para-hydroxylation sites is 1. The molecule has 0 aliphatic heterocycles. The van der Waals surface area contributed by atoms with Gasteiger partial charge in [-0.05, 0) is 19.2 Å². The summed E-state index contributed by atoms with van der Waals surface area (Å²) in [5.74, 6) is 0.00884. The zero-order chi connectivity index (χ0) is 13.0. The number of likely N-dealkylation sites (N-methyl/N-ethyl adjacent to an activating group) is 2. The zero-order valence-electron chi connectivity index (χ0n) is 10.7. The van der Waals surface area contributed by atoms with Gasteiger partial charge in [0.05, 0.1) is 11.1 Å². The molecule has 0 bridgehead atoms. The van der Waals surface area contributed by atoms with E-state index < -0.39 is 0 Å². The van der Waals surface area contributed by atoms with Crippen molar-refractivity contribution in [3.05, 3.63) is 42.1 Å². The van der Waals surface area contributed by atoms with Gasteiger partial charge >= 0.3 is 0 Å². The fourth-order valence-corrected chi connectivity index (χ4v) is 1.86. The first-order chi connectivity index (χ1) is 8.74. The third-order valence-corrected chi connectivity index (χ3v) is 2.91. The van der Waals surface area contributed by atoms with Crippen LogP contribution in [0.25, 0.3) is 10.9 Å². The average Bonchev–Trinajstić information content (AvgIpc) is 2.43. The Kier molecular flexibility index (Phi) is 3.89. The molecule has 18 heavy (non-hydrogen) atoms. The van der Waals surface area contributed by atoms with Crippen molar-refractivity contribution in [2.45, 2.75) is 0 Å². The molecule has 0 aliphatic rings. The van der Waals surface area contributed by atoms with Gasteiger partial charge in [-0.3, -0.25) is 9.78 Å². The van der Waals surface area contributed by atoms with Crippen molar-refractivity contribution in [1.82, 2.24) is 15.2 Å². The SMILES string of the molecule is CNCCN(C)C(=O)c1cccc2cccnc12. The molecular weight excluding hydrogens is 226 g/mol. The summed E-state index contributed by atoms with van der Waals surface area (Å²) >= 11 is 0. The summed E-state index contributed by atoms with van der Waals surface area (Å²) in [5.41, 5.74) is 1.42. The summed E-state index contributed by atoms with van der Waals surface area (Å²) in [4.78, 5) is 18.3. The maximum atomic E-state index is 12.3. The van der Waals surface area contributed by atoms with Gasteiger partial charge in [0.2, 0.25) is 0 Å². The van der Waals surface area contributed by atoms with Crippen molar-refractivity contribution < 1.29 is 4.79 Å². The van der Waals surface area contributed by atoms with Gasteiger partial charge in [0, 0.05) is 31.7 Å². The maximum absolute atomic E-state index is 12.3. The quantitative estimate of drug-likeness (QED) is 0.885. The van der Waals surface area contributed by atoms with E-state index >= 15 is 0 Å². The minimum absolute atomic E-state index is 0.00884. The van der Waals surface area contributed by atoms with Gasteiger partial charge in [0.1, 0.15) is 0 Å². The van der Waals surface area contributed by atoms with Gasteiger partial charge < -0.3 is 10.2 Å². The molecule has 0 aliphatic carbocycles. The molecule has 0 fully saturated rings. The van der Waals surface area contributed by atoms with E-state index in [0.717, 1.165) is 17.4 Å². The Morgan fingerprint density at radius 3 is 2.89 bits per heavy atom. The van der Waals surface area contributed by atoms with Crippen LogP contribution >= 0.6 is 0 Å². The molecule has 2 rings (SSSR count). The molecular formula is C14H17N3O. The Morgan fingerprint density at radius 2 is 2.11 bits per heavy atom. The van der Waals surface area contributed by atoms with Crippen molar-refractivity contribution >= 4 is 16.8 Å². The third kappa shape index (κ3) is 2.49. The largest absolute Gasteiger partial charge is 0.340 e. The Hall–Kier alpha value is -1.94. The van der Waals surface area contributed by atoms with Crippen molar-refractivity contribution in [2.75, 3.05) is 27.2 Å². The molecule has 0 saturated carbocycles. The van der Waals surface area contributed by atoms with E-state index in [2.05, 4.69) is 10.3 Å². The van der Waals surface area contributed by atoms with E-state index in [9.17, 15) is 4.79 Å². The standard InChI is InChI=1S/C14H17N3O/c1-15-9-10-17(2)14(18)12-7-3-5-11-6-4-8-16-13(11)12/h3-8,15H,9-10H2,1-2H3. The molecule has 1 aromatic carbocycles. The second-order valence-electron chi connectivity index (χ2n) is 4.21. The van der Waals surface area contributed by atoms with Gasteiger partial charge in [-0.1, -0.05) is 18.2 Å². The zero-order valence-corrected chi connectivity index (χ0v) is 10.7. The van der Waals surface area contributed by atoms with Crippen LogP contribution < -0.4 is 5.32 Å². The summed E-state index contributed by atoms with van der Waals surface area (Å²) in [6.45, 7) is 1.46. The number of benzene rings is 1. The van der Waals surface area contributed by atoms with E-state index in [0.29, 0.717) is 12.1 Å². The summed E-state index contributed by atoms with van der Waals surface area (Å²) < 4.78 is 0. The van der Waals surface area contributed by atoms with Crippen LogP contribution in [-0.4, -0.2) is 43.0 Å². The molecule has 1 amide bonds. The lowest BCUT2D eigenvalue weighted by molar-refractivity contribution is 0.0798. The number of fused-ring (bicyclic) bond motifs is 1. The highest BCUT2D eigenvalue weighted by Gasteiger charge is 2.14. The number of pyridine rings is 1. The highest BCUT2D eigenvalue weighted by molar-refractivity contribution is 6.05. The van der Waals surface area contributed by atoms with Crippen LogP contribution in [0.1, 0.15) is 10.4 Å². The first-order valence-corrected chi connectivity index (χ1v) is 5.98. The van der Waals surface area contributed by atoms with Crippen molar-refractivity contribution in [3.63, 3.8) is 0 Å². The number of aromatic nitrogens is 1. The van der Waals surface area contributed by atoms with Gasteiger partial charge in [-0.15, -0.1) is 0 Å². The van der Waals surface area contributed by atoms with Crippen LogP contribution in [0, 0.1) is 0 Å². The molecule has 0 spiro atoms. The van der Waals surface area contributed by atoms with Crippen molar-refractivity contribution in [3.8, 4) is 0 Å². The van der Waals surface area contributed by atoms with Crippen LogP contribution in [0.4, 0.5) is 0 Å². The lowest BCUT2D eigenvalue weighted by Crippen LogP contribution is -2.32. The Bertz CT molecular complexity index is 548. The number of hydrogen-bond donors (Lipinski definition) is 1. The molecule has 1 N–H and O–H groups in total. The monoisotopic (exact) mass is 243 g/mol. The summed E-state index contributed by atoms with van der Waals surface area (Å²) in [5, 5.41) is 4.02. The minimum atomic E-state index is 0.00884. The second-order valence-corrected chi connectivity index (χ2v) is 4.21. The van der Waals surface area contributed by atoms with E-state index in [-0.39, 0.29) is 5.91 Å². The Balaban J connectivity index is 2.33. The van der Waals surface area contributed by atoms with Crippen molar-refractivity contribution in [2.24, 2.45) is 0 Å². The number of nitrogens with zero attached hydrogens (tertiary/aromatic N) is 2. The molecule has 0 atom stereocenters. The van der Waals surface area contributed by atoms with Crippen LogP contribution in [0.15, 0.2) is 36.5 Å². The van der Waals surface area contributed by atoms with Gasteiger partial charge in [-0.2, -0.15) is 0 Å². The summed E-state index contributed by atoms with van der Waals surface area (Å²) in [6.07, 6.45) is 1.71. The Labute approximate surface area is 107 Å². The molecule has 94 valence electrons. The predicted molar refractivity (Wildman–Crippen MR) is 72.6 cm³/mol. The normalized spacial score (nSPS) is 10.6. The van der Waals surface area contributed by atoms with E-state index in [1.54, 1.807) is 18.1 Å². The van der Waals surface area contributed by atoms with Gasteiger partial charge in [-0.25, -0.2) is 0 Å². The second kappa shape index (κ2) is 5.60. The summed E-state index contributed by atoms with van der Waals surface area (Å²) in [6, 6.07) is 9.53. The highest BCUT2D eigenvalue weighted by Crippen LogP contribution is 2.17. The van der Waals surface area contributed by atoms with Crippen LogP contribution in [-0.2, 0) is 0 Å². The Morgan fingerprint density at radius 1 is 1.33 bits per heavy atom.